The lowest BCUT2D eigenvalue weighted by atomic mass is 9.96. The van der Waals surface area contributed by atoms with Crippen molar-refractivity contribution in [1.29, 1.82) is 5.26 Å². The van der Waals surface area contributed by atoms with Gasteiger partial charge in [0.15, 0.2) is 5.78 Å². The molecule has 0 fully saturated rings. The lowest BCUT2D eigenvalue weighted by molar-refractivity contribution is -0.119. The van der Waals surface area contributed by atoms with Gasteiger partial charge in [-0.3, -0.25) is 9.78 Å². The lowest BCUT2D eigenvalue weighted by Crippen LogP contribution is -2.13. The zero-order valence-corrected chi connectivity index (χ0v) is 10.8. The van der Waals surface area contributed by atoms with E-state index in [0.29, 0.717) is 11.3 Å². The number of aromatic nitrogens is 1. The van der Waals surface area contributed by atoms with Crippen molar-refractivity contribution in [3.8, 4) is 6.07 Å². The lowest BCUT2D eigenvalue weighted by Gasteiger charge is -2.07. The number of benzene rings is 1. The maximum Gasteiger partial charge on any atom is 0.156 e. The van der Waals surface area contributed by atoms with E-state index in [4.69, 9.17) is 5.26 Å². The number of rotatable bonds is 5. The number of carbonyl (C=O) groups excluding carboxylic acids is 1. The van der Waals surface area contributed by atoms with Crippen molar-refractivity contribution in [3.63, 3.8) is 0 Å². The number of aryl methyl sites for hydroxylation is 1. The standard InChI is InChI=1S/C16H13FN2O/c17-14-6-2-1-5-12(14)8-9-16(20)13(11-18)15-7-3-4-10-19-15/h1-7,10,13H,8-9H2. The van der Waals surface area contributed by atoms with Crippen molar-refractivity contribution >= 4 is 5.78 Å². The van der Waals surface area contributed by atoms with Gasteiger partial charge in [-0.1, -0.05) is 24.3 Å². The fourth-order valence-corrected chi connectivity index (χ4v) is 1.95. The number of nitrogens with zero attached hydrogens (tertiary/aromatic N) is 2. The Morgan fingerprint density at radius 3 is 2.65 bits per heavy atom. The number of hydrogen-bond acceptors (Lipinski definition) is 3. The monoisotopic (exact) mass is 268 g/mol. The van der Waals surface area contributed by atoms with Crippen LogP contribution in [0.2, 0.25) is 0 Å². The first kappa shape index (κ1) is 13.9. The summed E-state index contributed by atoms with van der Waals surface area (Å²) in [6.45, 7) is 0. The normalized spacial score (nSPS) is 11.6. The van der Waals surface area contributed by atoms with E-state index in [9.17, 15) is 9.18 Å². The minimum atomic E-state index is -0.886. The predicted molar refractivity (Wildman–Crippen MR) is 72.3 cm³/mol. The van der Waals surface area contributed by atoms with Crippen molar-refractivity contribution in [1.82, 2.24) is 4.98 Å². The molecule has 2 rings (SSSR count). The fourth-order valence-electron chi connectivity index (χ4n) is 1.95. The van der Waals surface area contributed by atoms with E-state index in [2.05, 4.69) is 4.98 Å². The third-order valence-corrected chi connectivity index (χ3v) is 3.03. The average Bonchev–Trinajstić information content (AvgIpc) is 2.48. The van der Waals surface area contributed by atoms with Crippen LogP contribution in [0.15, 0.2) is 48.7 Å². The van der Waals surface area contributed by atoms with Gasteiger partial charge in [0.25, 0.3) is 0 Å². The Balaban J connectivity index is 2.05. The average molecular weight is 268 g/mol. The molecular formula is C16H13FN2O. The van der Waals surface area contributed by atoms with Gasteiger partial charge < -0.3 is 0 Å². The van der Waals surface area contributed by atoms with Crippen LogP contribution < -0.4 is 0 Å². The van der Waals surface area contributed by atoms with Gasteiger partial charge in [-0.2, -0.15) is 5.26 Å². The van der Waals surface area contributed by atoms with Gasteiger partial charge in [-0.15, -0.1) is 0 Å². The Morgan fingerprint density at radius 2 is 2.00 bits per heavy atom. The van der Waals surface area contributed by atoms with Crippen LogP contribution in [0.3, 0.4) is 0 Å². The molecule has 0 saturated carbocycles. The van der Waals surface area contributed by atoms with E-state index in [1.165, 1.54) is 6.07 Å². The summed E-state index contributed by atoms with van der Waals surface area (Å²) in [6.07, 6.45) is 1.95. The Bertz CT molecular complexity index is 634. The first-order valence-corrected chi connectivity index (χ1v) is 6.29. The summed E-state index contributed by atoms with van der Waals surface area (Å²) >= 11 is 0. The Hall–Kier alpha value is -2.54. The Labute approximate surface area is 116 Å². The van der Waals surface area contributed by atoms with Gasteiger partial charge >= 0.3 is 0 Å². The molecule has 2 aromatic rings. The minimum absolute atomic E-state index is 0.121. The van der Waals surface area contributed by atoms with Gasteiger partial charge in [0.2, 0.25) is 0 Å². The SMILES string of the molecule is N#CC(C(=O)CCc1ccccc1F)c1ccccn1. The smallest absolute Gasteiger partial charge is 0.156 e. The zero-order valence-electron chi connectivity index (χ0n) is 10.8. The molecule has 0 aliphatic rings. The maximum atomic E-state index is 13.5. The van der Waals surface area contributed by atoms with Crippen LogP contribution in [-0.4, -0.2) is 10.8 Å². The highest BCUT2D eigenvalue weighted by Crippen LogP contribution is 2.17. The second-order valence-corrected chi connectivity index (χ2v) is 4.37. The van der Waals surface area contributed by atoms with Crippen molar-refractivity contribution in [2.45, 2.75) is 18.8 Å². The summed E-state index contributed by atoms with van der Waals surface area (Å²) in [5.41, 5.74) is 0.923. The number of Topliss-reactive ketones (excluding diaryl/α,β-unsaturated/α-hetero) is 1. The molecule has 0 N–H and O–H groups in total. The topological polar surface area (TPSA) is 53.8 Å². The molecule has 0 bridgehead atoms. The number of carbonyl (C=O) groups is 1. The summed E-state index contributed by atoms with van der Waals surface area (Å²) in [5, 5.41) is 9.12. The predicted octanol–water partition coefficient (Wildman–Crippen LogP) is 3.03. The molecule has 3 nitrogen and oxygen atoms in total. The van der Waals surface area contributed by atoms with Crippen LogP contribution in [-0.2, 0) is 11.2 Å². The molecule has 20 heavy (non-hydrogen) atoms. The molecule has 1 aromatic carbocycles. The van der Waals surface area contributed by atoms with Gasteiger partial charge in [0.1, 0.15) is 11.7 Å². The largest absolute Gasteiger partial charge is 0.298 e. The summed E-state index contributed by atoms with van der Waals surface area (Å²) in [5.74, 6) is -1.45. The van der Waals surface area contributed by atoms with E-state index in [1.807, 2.05) is 6.07 Å². The summed E-state index contributed by atoms with van der Waals surface area (Å²) in [4.78, 5) is 16.1. The molecule has 1 aromatic heterocycles. The van der Waals surface area contributed by atoms with Crippen molar-refractivity contribution in [2.75, 3.05) is 0 Å². The first-order valence-electron chi connectivity index (χ1n) is 6.29. The van der Waals surface area contributed by atoms with Crippen LogP contribution in [0.1, 0.15) is 23.6 Å². The molecule has 1 heterocycles. The first-order chi connectivity index (χ1) is 9.72. The van der Waals surface area contributed by atoms with Gasteiger partial charge in [-0.05, 0) is 30.2 Å². The van der Waals surface area contributed by atoms with E-state index in [1.54, 1.807) is 42.6 Å². The molecule has 0 spiro atoms. The molecule has 1 atom stereocenters. The summed E-state index contributed by atoms with van der Waals surface area (Å²) in [6, 6.07) is 13.4. The Kier molecular flexibility index (Phi) is 4.56. The van der Waals surface area contributed by atoms with Gasteiger partial charge in [-0.25, -0.2) is 4.39 Å². The highest BCUT2D eigenvalue weighted by molar-refractivity contribution is 5.88. The highest BCUT2D eigenvalue weighted by atomic mass is 19.1. The molecule has 0 aliphatic carbocycles. The van der Waals surface area contributed by atoms with Crippen LogP contribution in [0.4, 0.5) is 4.39 Å². The molecule has 0 saturated heterocycles. The van der Waals surface area contributed by atoms with E-state index in [-0.39, 0.29) is 24.4 Å². The number of ketones is 1. The number of halogens is 1. The zero-order chi connectivity index (χ0) is 14.4. The van der Waals surface area contributed by atoms with Crippen LogP contribution in [0, 0.1) is 17.1 Å². The quantitative estimate of drug-likeness (QED) is 0.837. The number of hydrogen-bond donors (Lipinski definition) is 0. The van der Waals surface area contributed by atoms with Crippen molar-refractivity contribution in [3.05, 3.63) is 65.7 Å². The number of nitriles is 1. The van der Waals surface area contributed by atoms with Gasteiger partial charge in [0, 0.05) is 12.6 Å². The third kappa shape index (κ3) is 3.27. The third-order valence-electron chi connectivity index (χ3n) is 3.03. The highest BCUT2D eigenvalue weighted by Gasteiger charge is 2.21. The molecule has 1 unspecified atom stereocenters. The fraction of sp³-hybridized carbons (Fsp3) is 0.188. The van der Waals surface area contributed by atoms with Crippen LogP contribution in [0.5, 0.6) is 0 Å². The molecule has 0 amide bonds. The van der Waals surface area contributed by atoms with Crippen LogP contribution >= 0.6 is 0 Å². The van der Waals surface area contributed by atoms with Crippen molar-refractivity contribution in [2.24, 2.45) is 0 Å². The number of pyridine rings is 1. The molecule has 4 heteroatoms. The molecule has 0 radical (unpaired) electrons. The van der Waals surface area contributed by atoms with E-state index in [0.717, 1.165) is 0 Å². The summed E-state index contributed by atoms with van der Waals surface area (Å²) in [7, 11) is 0. The van der Waals surface area contributed by atoms with Crippen molar-refractivity contribution < 1.29 is 9.18 Å². The second-order valence-electron chi connectivity index (χ2n) is 4.37. The molecule has 100 valence electrons. The maximum absolute atomic E-state index is 13.5. The summed E-state index contributed by atoms with van der Waals surface area (Å²) < 4.78 is 13.5. The van der Waals surface area contributed by atoms with E-state index < -0.39 is 5.92 Å². The second kappa shape index (κ2) is 6.58. The van der Waals surface area contributed by atoms with E-state index >= 15 is 0 Å². The Morgan fingerprint density at radius 1 is 1.25 bits per heavy atom. The molecule has 0 aliphatic heterocycles. The molecular weight excluding hydrogens is 255 g/mol. The van der Waals surface area contributed by atoms with Gasteiger partial charge in [0.05, 0.1) is 11.8 Å². The minimum Gasteiger partial charge on any atom is -0.298 e. The van der Waals surface area contributed by atoms with Crippen LogP contribution in [0.25, 0.3) is 0 Å².